The zero-order valence-electron chi connectivity index (χ0n) is 17.8. The lowest BCUT2D eigenvalue weighted by Gasteiger charge is -2.30. The van der Waals surface area contributed by atoms with Crippen LogP contribution >= 0.6 is 11.6 Å². The number of halogens is 1. The maximum Gasteiger partial charge on any atom is 0.240 e. The molecule has 2 aromatic carbocycles. The number of methoxy groups -OCH3 is 2. The molecule has 4 unspecified atom stereocenters. The standard InChI is InChI=1S/C24H20ClN3O5/c1-32-17-10-9-13(12-18(17)33-2)22(29)21-20-19(16-8-5-11-26-28(16)21)23(30)27(24(20)31)15-7-4-3-6-14(15)25/h3-12,16,19-21H,1-2H3. The van der Waals surface area contributed by atoms with Crippen LogP contribution in [0.2, 0.25) is 5.02 Å². The highest BCUT2D eigenvalue weighted by Crippen LogP contribution is 2.47. The molecule has 0 aromatic heterocycles. The SMILES string of the molecule is COc1ccc(C(=O)C2C3C(=O)N(c4ccccc4Cl)C(=O)C3C3C=CC=NN32)cc1OC. The van der Waals surface area contributed by atoms with Gasteiger partial charge >= 0.3 is 0 Å². The van der Waals surface area contributed by atoms with Crippen LogP contribution in [-0.2, 0) is 9.59 Å². The number of hydrogen-bond acceptors (Lipinski definition) is 7. The lowest BCUT2D eigenvalue weighted by molar-refractivity contribution is -0.123. The van der Waals surface area contributed by atoms with E-state index in [0.717, 1.165) is 4.90 Å². The van der Waals surface area contributed by atoms with Gasteiger partial charge in [0.2, 0.25) is 11.8 Å². The number of para-hydroxylation sites is 1. The second-order valence-electron chi connectivity index (χ2n) is 7.91. The molecule has 0 N–H and O–H groups in total. The van der Waals surface area contributed by atoms with Crippen LogP contribution in [0, 0.1) is 11.8 Å². The molecule has 2 amide bonds. The average molecular weight is 466 g/mol. The highest BCUT2D eigenvalue weighted by Gasteiger charge is 2.64. The predicted octanol–water partition coefficient (Wildman–Crippen LogP) is 2.95. The number of nitrogens with zero attached hydrogens (tertiary/aromatic N) is 3. The van der Waals surface area contributed by atoms with Gasteiger partial charge in [0.1, 0.15) is 6.04 Å². The molecule has 0 aliphatic carbocycles. The summed E-state index contributed by atoms with van der Waals surface area (Å²) in [4.78, 5) is 41.9. The van der Waals surface area contributed by atoms with Crippen LogP contribution in [0.1, 0.15) is 10.4 Å². The minimum atomic E-state index is -0.955. The first kappa shape index (κ1) is 21.2. The summed E-state index contributed by atoms with van der Waals surface area (Å²) in [6.45, 7) is 0. The zero-order chi connectivity index (χ0) is 23.3. The Morgan fingerprint density at radius 3 is 2.45 bits per heavy atom. The number of anilines is 1. The van der Waals surface area contributed by atoms with Crippen molar-refractivity contribution in [1.29, 1.82) is 0 Å². The molecule has 168 valence electrons. The van der Waals surface area contributed by atoms with E-state index in [2.05, 4.69) is 5.10 Å². The number of rotatable bonds is 5. The van der Waals surface area contributed by atoms with Crippen molar-refractivity contribution < 1.29 is 23.9 Å². The first-order chi connectivity index (χ1) is 16.0. The summed E-state index contributed by atoms with van der Waals surface area (Å²) in [5.41, 5.74) is 0.647. The molecule has 0 radical (unpaired) electrons. The van der Waals surface area contributed by atoms with Gasteiger partial charge in [0.15, 0.2) is 17.3 Å². The lowest BCUT2D eigenvalue weighted by Crippen LogP contribution is -2.46. The summed E-state index contributed by atoms with van der Waals surface area (Å²) in [7, 11) is 2.99. The van der Waals surface area contributed by atoms with Crippen LogP contribution in [0.5, 0.6) is 11.5 Å². The molecular weight excluding hydrogens is 446 g/mol. The van der Waals surface area contributed by atoms with Gasteiger partial charge in [0.05, 0.1) is 42.8 Å². The molecule has 2 saturated heterocycles. The molecular formula is C24H20ClN3O5. The Bertz CT molecular complexity index is 1230. The molecule has 0 bridgehead atoms. The van der Waals surface area contributed by atoms with Crippen LogP contribution in [0.3, 0.4) is 0 Å². The summed E-state index contributed by atoms with van der Waals surface area (Å²) >= 11 is 6.30. The number of hydrogen-bond donors (Lipinski definition) is 0. The molecule has 8 nitrogen and oxygen atoms in total. The molecule has 0 saturated carbocycles. The number of benzene rings is 2. The largest absolute Gasteiger partial charge is 0.493 e. The minimum absolute atomic E-state index is 0.288. The number of imide groups is 1. The van der Waals surface area contributed by atoms with E-state index in [4.69, 9.17) is 21.1 Å². The first-order valence-corrected chi connectivity index (χ1v) is 10.7. The van der Waals surface area contributed by atoms with E-state index in [1.165, 1.54) is 14.2 Å². The minimum Gasteiger partial charge on any atom is -0.493 e. The lowest BCUT2D eigenvalue weighted by atomic mass is 9.86. The topological polar surface area (TPSA) is 88.5 Å². The third kappa shape index (κ3) is 3.13. The van der Waals surface area contributed by atoms with E-state index in [1.54, 1.807) is 65.8 Å². The number of fused-ring (bicyclic) bond motifs is 3. The second kappa shape index (κ2) is 8.04. The fourth-order valence-corrected chi connectivity index (χ4v) is 5.09. The number of carbonyl (C=O) groups is 3. The number of amides is 2. The zero-order valence-corrected chi connectivity index (χ0v) is 18.6. The van der Waals surface area contributed by atoms with Gasteiger partial charge in [-0.2, -0.15) is 5.10 Å². The van der Waals surface area contributed by atoms with Gasteiger partial charge < -0.3 is 9.47 Å². The number of ketones is 1. The normalized spacial score (nSPS) is 25.3. The number of hydrazone groups is 1. The van der Waals surface area contributed by atoms with Crippen LogP contribution in [0.4, 0.5) is 5.69 Å². The Balaban J connectivity index is 1.58. The molecule has 9 heteroatoms. The van der Waals surface area contributed by atoms with Gasteiger partial charge in [0, 0.05) is 11.8 Å². The third-order valence-electron chi connectivity index (χ3n) is 6.32. The monoisotopic (exact) mass is 465 g/mol. The van der Waals surface area contributed by atoms with E-state index < -0.39 is 35.7 Å². The molecule has 2 fully saturated rings. The Morgan fingerprint density at radius 1 is 1.00 bits per heavy atom. The third-order valence-corrected chi connectivity index (χ3v) is 6.64. The van der Waals surface area contributed by atoms with E-state index in [9.17, 15) is 14.4 Å². The average Bonchev–Trinajstić information content (AvgIpc) is 3.31. The second-order valence-corrected chi connectivity index (χ2v) is 8.32. The van der Waals surface area contributed by atoms with E-state index in [1.807, 2.05) is 0 Å². The maximum atomic E-state index is 13.7. The molecule has 3 heterocycles. The molecule has 3 aliphatic heterocycles. The molecule has 3 aliphatic rings. The van der Waals surface area contributed by atoms with Crippen molar-refractivity contribution in [2.45, 2.75) is 12.1 Å². The van der Waals surface area contributed by atoms with Crippen molar-refractivity contribution in [3.8, 4) is 11.5 Å². The molecule has 33 heavy (non-hydrogen) atoms. The fraction of sp³-hybridized carbons (Fsp3) is 0.250. The summed E-state index contributed by atoms with van der Waals surface area (Å²) in [5, 5.41) is 6.21. The Morgan fingerprint density at radius 2 is 1.73 bits per heavy atom. The molecule has 2 aromatic rings. The van der Waals surface area contributed by atoms with Crippen molar-refractivity contribution in [2.24, 2.45) is 16.9 Å². The van der Waals surface area contributed by atoms with E-state index >= 15 is 0 Å². The quantitative estimate of drug-likeness (QED) is 0.498. The summed E-state index contributed by atoms with van der Waals surface area (Å²) in [5.74, 6) is -1.97. The fourth-order valence-electron chi connectivity index (χ4n) is 4.87. The van der Waals surface area contributed by atoms with Crippen molar-refractivity contribution in [3.05, 3.63) is 65.2 Å². The van der Waals surface area contributed by atoms with Crippen molar-refractivity contribution >= 4 is 41.1 Å². The van der Waals surface area contributed by atoms with E-state index in [-0.39, 0.29) is 10.8 Å². The van der Waals surface area contributed by atoms with E-state index in [0.29, 0.717) is 22.7 Å². The number of carbonyl (C=O) groups excluding carboxylic acids is 3. The summed E-state index contributed by atoms with van der Waals surface area (Å²) < 4.78 is 10.6. The van der Waals surface area contributed by atoms with Crippen LogP contribution in [0.15, 0.2) is 59.7 Å². The van der Waals surface area contributed by atoms with Crippen molar-refractivity contribution in [3.63, 3.8) is 0 Å². The van der Waals surface area contributed by atoms with Gasteiger partial charge in [-0.3, -0.25) is 19.4 Å². The van der Waals surface area contributed by atoms with Gasteiger partial charge in [-0.05, 0) is 36.4 Å². The highest BCUT2D eigenvalue weighted by molar-refractivity contribution is 6.36. The molecule has 5 rings (SSSR count). The predicted molar refractivity (Wildman–Crippen MR) is 122 cm³/mol. The number of ether oxygens (including phenoxy) is 2. The van der Waals surface area contributed by atoms with Crippen LogP contribution < -0.4 is 14.4 Å². The molecule has 4 atom stereocenters. The van der Waals surface area contributed by atoms with Crippen LogP contribution in [0.25, 0.3) is 0 Å². The summed E-state index contributed by atoms with van der Waals surface area (Å²) in [6, 6.07) is 10.0. The van der Waals surface area contributed by atoms with Crippen LogP contribution in [-0.4, -0.2) is 55.1 Å². The smallest absolute Gasteiger partial charge is 0.240 e. The van der Waals surface area contributed by atoms with Gasteiger partial charge in [-0.1, -0.05) is 29.8 Å². The van der Waals surface area contributed by atoms with Crippen molar-refractivity contribution in [2.75, 3.05) is 19.1 Å². The highest BCUT2D eigenvalue weighted by atomic mass is 35.5. The van der Waals surface area contributed by atoms with Gasteiger partial charge in [-0.15, -0.1) is 0 Å². The summed E-state index contributed by atoms with van der Waals surface area (Å²) in [6.07, 6.45) is 5.07. The number of allylic oxidation sites excluding steroid dienone is 1. The van der Waals surface area contributed by atoms with Crippen molar-refractivity contribution in [1.82, 2.24) is 5.01 Å². The first-order valence-electron chi connectivity index (χ1n) is 10.4. The number of Topliss-reactive ketones (excluding diaryl/α,β-unsaturated/α-hetero) is 1. The molecule has 0 spiro atoms. The Labute approximate surface area is 195 Å². The maximum absolute atomic E-state index is 13.7. The van der Waals surface area contributed by atoms with Gasteiger partial charge in [0.25, 0.3) is 0 Å². The Kier molecular flexibility index (Phi) is 5.17. The van der Waals surface area contributed by atoms with Gasteiger partial charge in [-0.25, -0.2) is 4.90 Å². The Hall–Kier alpha value is -3.65.